The van der Waals surface area contributed by atoms with Crippen molar-refractivity contribution in [3.63, 3.8) is 0 Å². The summed E-state index contributed by atoms with van der Waals surface area (Å²) >= 11 is 0. The Labute approximate surface area is 246 Å². The molecule has 8 heteroatoms. The molecule has 1 aromatic heterocycles. The molecule has 3 atom stereocenters. The zero-order valence-electron chi connectivity index (χ0n) is 24.2. The monoisotopic (exact) mass is 578 g/mol. The molecule has 4 heterocycles. The van der Waals surface area contributed by atoms with Crippen molar-refractivity contribution in [1.82, 2.24) is 19.4 Å². The van der Waals surface area contributed by atoms with Crippen molar-refractivity contribution < 1.29 is 18.0 Å². The predicted octanol–water partition coefficient (Wildman–Crippen LogP) is 7.36. The van der Waals surface area contributed by atoms with Gasteiger partial charge < -0.3 is 9.47 Å². The van der Waals surface area contributed by atoms with Gasteiger partial charge >= 0.3 is 6.18 Å². The van der Waals surface area contributed by atoms with E-state index in [4.69, 9.17) is 0 Å². The van der Waals surface area contributed by atoms with Crippen LogP contribution >= 0.6 is 0 Å². The van der Waals surface area contributed by atoms with Gasteiger partial charge in [0.2, 0.25) is 5.91 Å². The van der Waals surface area contributed by atoms with E-state index in [0.717, 1.165) is 70.1 Å². The van der Waals surface area contributed by atoms with Crippen LogP contribution in [-0.2, 0) is 16.4 Å². The number of carbonyl (C=O) groups excluding carboxylic acids is 1. The van der Waals surface area contributed by atoms with Gasteiger partial charge in [0.1, 0.15) is 0 Å². The highest BCUT2D eigenvalue weighted by Gasteiger charge is 2.44. The Morgan fingerprint density at radius 3 is 2.26 bits per heavy atom. The summed E-state index contributed by atoms with van der Waals surface area (Å²) in [4.78, 5) is 22.4. The van der Waals surface area contributed by atoms with E-state index in [-0.39, 0.29) is 17.4 Å². The lowest BCUT2D eigenvalue weighted by Gasteiger charge is -2.46. The van der Waals surface area contributed by atoms with Crippen LogP contribution in [0.25, 0.3) is 11.0 Å². The number of likely N-dealkylation sites (tertiary alicyclic amines) is 1. The van der Waals surface area contributed by atoms with E-state index >= 15 is 0 Å². The molecule has 224 valence electrons. The smallest absolute Gasteiger partial charge is 0.342 e. The van der Waals surface area contributed by atoms with Gasteiger partial charge in [-0.25, -0.2) is 4.98 Å². The normalized spacial score (nSPS) is 26.7. The van der Waals surface area contributed by atoms with Crippen LogP contribution in [0.15, 0.2) is 54.9 Å². The van der Waals surface area contributed by atoms with Crippen LogP contribution in [0, 0.1) is 5.92 Å². The lowest BCUT2D eigenvalue weighted by Crippen LogP contribution is -2.49. The van der Waals surface area contributed by atoms with E-state index < -0.39 is 11.7 Å². The minimum Gasteiger partial charge on any atom is -0.342 e. The minimum atomic E-state index is -4.36. The number of aromatic nitrogens is 2. The molecule has 0 radical (unpaired) electrons. The molecule has 4 fully saturated rings. The molecule has 5 nitrogen and oxygen atoms in total. The van der Waals surface area contributed by atoms with Gasteiger partial charge in [0.25, 0.3) is 0 Å². The molecule has 42 heavy (non-hydrogen) atoms. The van der Waals surface area contributed by atoms with E-state index in [2.05, 4.69) is 49.7 Å². The minimum absolute atomic E-state index is 0.0841. The number of halogens is 3. The molecule has 0 N–H and O–H groups in total. The topological polar surface area (TPSA) is 41.4 Å². The van der Waals surface area contributed by atoms with Crippen LogP contribution in [0.4, 0.5) is 13.2 Å². The van der Waals surface area contributed by atoms with Gasteiger partial charge in [-0.05, 0) is 93.5 Å². The number of alkyl halides is 3. The first-order chi connectivity index (χ1) is 20.3. The van der Waals surface area contributed by atoms with Crippen molar-refractivity contribution in [2.45, 2.75) is 100 Å². The Bertz CT molecular complexity index is 1390. The third-order valence-corrected chi connectivity index (χ3v) is 11.1. The van der Waals surface area contributed by atoms with Gasteiger partial charge in [-0.3, -0.25) is 9.69 Å². The van der Waals surface area contributed by atoms with Crippen molar-refractivity contribution in [2.24, 2.45) is 5.92 Å². The molecule has 1 aliphatic carbocycles. The summed E-state index contributed by atoms with van der Waals surface area (Å²) in [7, 11) is 0. The highest BCUT2D eigenvalue weighted by atomic mass is 19.4. The summed E-state index contributed by atoms with van der Waals surface area (Å²) in [6.07, 6.45) is 9.36. The van der Waals surface area contributed by atoms with Crippen LogP contribution in [0.2, 0.25) is 0 Å². The molecule has 2 bridgehead atoms. The Morgan fingerprint density at radius 2 is 1.60 bits per heavy atom. The summed E-state index contributed by atoms with van der Waals surface area (Å²) in [6, 6.07) is 16.1. The van der Waals surface area contributed by atoms with Gasteiger partial charge in [-0.1, -0.05) is 43.2 Å². The number of benzene rings is 2. The van der Waals surface area contributed by atoms with Gasteiger partial charge in [-0.15, -0.1) is 0 Å². The number of nitrogens with zero attached hydrogens (tertiary/aromatic N) is 4. The fourth-order valence-electron chi connectivity index (χ4n) is 8.74. The van der Waals surface area contributed by atoms with E-state index in [9.17, 15) is 18.0 Å². The molecule has 7 rings (SSSR count). The number of amides is 1. The zero-order valence-corrected chi connectivity index (χ0v) is 24.2. The molecule has 3 aliphatic heterocycles. The quantitative estimate of drug-likeness (QED) is 0.307. The molecule has 3 aromatic rings. The predicted molar refractivity (Wildman–Crippen MR) is 157 cm³/mol. The highest BCUT2D eigenvalue weighted by molar-refractivity contribution is 5.79. The fourth-order valence-corrected chi connectivity index (χ4v) is 8.74. The summed E-state index contributed by atoms with van der Waals surface area (Å²) < 4.78 is 41.8. The van der Waals surface area contributed by atoms with E-state index in [1.165, 1.54) is 43.4 Å². The van der Waals surface area contributed by atoms with Crippen molar-refractivity contribution in [3.8, 4) is 0 Å². The molecule has 3 saturated heterocycles. The number of hydrogen-bond acceptors (Lipinski definition) is 3. The first-order valence-corrected chi connectivity index (χ1v) is 15.9. The maximum atomic E-state index is 13.2. The maximum Gasteiger partial charge on any atom is 0.416 e. The maximum absolute atomic E-state index is 13.2. The average molecular weight is 579 g/mol. The van der Waals surface area contributed by atoms with E-state index in [0.29, 0.717) is 23.5 Å². The van der Waals surface area contributed by atoms with Gasteiger partial charge in [0.05, 0.1) is 22.9 Å². The summed E-state index contributed by atoms with van der Waals surface area (Å²) in [5, 5.41) is 0. The van der Waals surface area contributed by atoms with Gasteiger partial charge in [0.15, 0.2) is 0 Å². The van der Waals surface area contributed by atoms with E-state index in [1.54, 1.807) is 12.4 Å². The van der Waals surface area contributed by atoms with Crippen molar-refractivity contribution in [3.05, 3.63) is 66.0 Å². The number of hydrogen-bond donors (Lipinski definition) is 0. The molecule has 1 saturated carbocycles. The number of fused-ring (bicyclic) bond motifs is 3. The van der Waals surface area contributed by atoms with Crippen LogP contribution in [0.1, 0.15) is 87.8 Å². The van der Waals surface area contributed by atoms with Crippen LogP contribution in [0.5, 0.6) is 0 Å². The van der Waals surface area contributed by atoms with Crippen molar-refractivity contribution in [2.75, 3.05) is 19.6 Å². The SMILES string of the molecule is O=C(C1CCCC1)N1CCC(CCN2[C@@H]3CC[C@H]2CC(n2cnc4cc(C(F)(F)F)ccc42)C3)(c2ccccc2)CC1. The number of rotatable bonds is 6. The Morgan fingerprint density at radius 1 is 0.905 bits per heavy atom. The zero-order chi connectivity index (χ0) is 28.9. The lowest BCUT2D eigenvalue weighted by molar-refractivity contribution is -0.138. The Hall–Kier alpha value is -2.87. The van der Waals surface area contributed by atoms with Crippen LogP contribution in [0.3, 0.4) is 0 Å². The second-order valence-electron chi connectivity index (χ2n) is 13.3. The lowest BCUT2D eigenvalue weighted by atomic mass is 9.70. The number of piperidine rings is 2. The summed E-state index contributed by atoms with van der Waals surface area (Å²) in [6.45, 7) is 2.75. The molecular formula is C34H41F3N4O. The molecule has 1 unspecified atom stereocenters. The molecular weight excluding hydrogens is 537 g/mol. The molecule has 0 spiro atoms. The summed E-state index contributed by atoms with van der Waals surface area (Å²) in [5.74, 6) is 0.626. The van der Waals surface area contributed by atoms with E-state index in [1.807, 2.05) is 0 Å². The Balaban J connectivity index is 1.04. The molecule has 2 aromatic carbocycles. The second kappa shape index (κ2) is 11.0. The third kappa shape index (κ3) is 5.14. The first kappa shape index (κ1) is 27.9. The number of imidazole rings is 1. The largest absolute Gasteiger partial charge is 0.416 e. The molecule has 1 amide bonds. The van der Waals surface area contributed by atoms with Crippen molar-refractivity contribution in [1.29, 1.82) is 0 Å². The second-order valence-corrected chi connectivity index (χ2v) is 13.3. The summed E-state index contributed by atoms with van der Waals surface area (Å²) in [5.41, 5.74) is 2.06. The van der Waals surface area contributed by atoms with Crippen LogP contribution in [-0.4, -0.2) is 57.0 Å². The fraction of sp³-hybridized carbons (Fsp3) is 0.588. The third-order valence-electron chi connectivity index (χ3n) is 11.1. The van der Waals surface area contributed by atoms with Gasteiger partial charge in [0, 0.05) is 37.1 Å². The molecule has 4 aliphatic rings. The first-order valence-electron chi connectivity index (χ1n) is 15.9. The Kier molecular flexibility index (Phi) is 7.32. The number of carbonyl (C=O) groups is 1. The standard InChI is InChI=1S/C34H41F3N4O/c35-34(36,37)26-10-13-31-30(20-26)38-23-41(31)29-21-27-11-12-28(22-29)40(27)19-16-33(25-8-2-1-3-9-25)14-17-39(18-15-33)32(42)24-6-4-5-7-24/h1-3,8-10,13,20,23-24,27-29H,4-7,11-12,14-19,21-22H2/t27-,28+,29?. The highest BCUT2D eigenvalue weighted by Crippen LogP contribution is 2.45. The van der Waals surface area contributed by atoms with Gasteiger partial charge in [-0.2, -0.15) is 13.2 Å². The average Bonchev–Trinajstić information content (AvgIpc) is 3.74. The van der Waals surface area contributed by atoms with Crippen molar-refractivity contribution >= 4 is 16.9 Å². The van der Waals surface area contributed by atoms with Crippen LogP contribution < -0.4 is 0 Å².